The molecule has 0 aliphatic carbocycles. The van der Waals surface area contributed by atoms with E-state index in [1.54, 1.807) is 13.3 Å². The van der Waals surface area contributed by atoms with E-state index in [1.165, 1.54) is 38.2 Å². The summed E-state index contributed by atoms with van der Waals surface area (Å²) in [6, 6.07) is 4.73. The third kappa shape index (κ3) is 3.88. The fourth-order valence-electron chi connectivity index (χ4n) is 4.68. The quantitative estimate of drug-likeness (QED) is 0.810. The number of likely N-dealkylation sites (tertiary alicyclic amines) is 1. The fraction of sp³-hybridized carbons (Fsp3) is 0.750. The van der Waals surface area contributed by atoms with E-state index in [0.29, 0.717) is 6.04 Å². The van der Waals surface area contributed by atoms with Crippen LogP contribution >= 0.6 is 0 Å². The average Bonchev–Trinajstić information content (AvgIpc) is 3.09. The van der Waals surface area contributed by atoms with Crippen LogP contribution in [0.5, 0.6) is 5.88 Å². The van der Waals surface area contributed by atoms with Crippen LogP contribution in [0.15, 0.2) is 18.3 Å². The van der Waals surface area contributed by atoms with E-state index in [9.17, 15) is 0 Å². The largest absolute Gasteiger partial charge is 0.481 e. The number of ether oxygens (including phenoxy) is 2. The minimum absolute atomic E-state index is 0.115. The van der Waals surface area contributed by atoms with Gasteiger partial charge in [0.2, 0.25) is 5.88 Å². The van der Waals surface area contributed by atoms with Crippen LogP contribution in [0.25, 0.3) is 0 Å². The second-order valence-corrected chi connectivity index (χ2v) is 8.14. The maximum Gasteiger partial charge on any atom is 0.217 e. The summed E-state index contributed by atoms with van der Waals surface area (Å²) in [6.45, 7) is 8.76. The van der Waals surface area contributed by atoms with Gasteiger partial charge in [0.1, 0.15) is 0 Å². The van der Waals surface area contributed by atoms with Gasteiger partial charge >= 0.3 is 0 Å². The number of piperazine rings is 1. The molecule has 3 aliphatic heterocycles. The lowest BCUT2D eigenvalue weighted by Gasteiger charge is -2.40. The molecule has 0 N–H and O–H groups in total. The van der Waals surface area contributed by atoms with Crippen molar-refractivity contribution in [2.75, 3.05) is 60.0 Å². The zero-order chi connectivity index (χ0) is 18.0. The van der Waals surface area contributed by atoms with Crippen LogP contribution in [-0.4, -0.2) is 91.4 Å². The molecule has 0 amide bonds. The van der Waals surface area contributed by atoms with Crippen molar-refractivity contribution in [2.45, 2.75) is 37.5 Å². The van der Waals surface area contributed by atoms with Crippen LogP contribution in [-0.2, 0) is 11.3 Å². The molecule has 1 aromatic rings. The van der Waals surface area contributed by atoms with Gasteiger partial charge in [-0.2, -0.15) is 0 Å². The van der Waals surface area contributed by atoms with Crippen molar-refractivity contribution in [1.82, 2.24) is 19.7 Å². The van der Waals surface area contributed by atoms with Gasteiger partial charge in [-0.25, -0.2) is 4.98 Å². The van der Waals surface area contributed by atoms with Crippen molar-refractivity contribution in [3.8, 4) is 5.88 Å². The molecule has 0 aromatic carbocycles. The van der Waals surface area contributed by atoms with Crippen LogP contribution in [0, 0.1) is 0 Å². The van der Waals surface area contributed by atoms with Crippen LogP contribution in [0.2, 0.25) is 0 Å². The van der Waals surface area contributed by atoms with Gasteiger partial charge in [-0.1, -0.05) is 6.07 Å². The predicted octanol–water partition coefficient (Wildman–Crippen LogP) is 1.46. The Labute approximate surface area is 157 Å². The van der Waals surface area contributed by atoms with Gasteiger partial charge in [0.25, 0.3) is 0 Å². The number of likely N-dealkylation sites (N-methyl/N-ethyl adjacent to an activating group) is 1. The van der Waals surface area contributed by atoms with Gasteiger partial charge in [-0.05, 0) is 32.4 Å². The average molecular weight is 361 g/mol. The number of rotatable bonds is 4. The van der Waals surface area contributed by atoms with Gasteiger partial charge in [-0.3, -0.25) is 9.80 Å². The van der Waals surface area contributed by atoms with E-state index in [0.717, 1.165) is 45.0 Å². The highest BCUT2D eigenvalue weighted by Gasteiger charge is 2.44. The Bertz CT molecular complexity index is 595. The zero-order valence-corrected chi connectivity index (χ0v) is 16.2. The maximum atomic E-state index is 6.40. The molecule has 3 fully saturated rings. The van der Waals surface area contributed by atoms with E-state index < -0.39 is 0 Å². The Kier molecular flexibility index (Phi) is 5.45. The monoisotopic (exact) mass is 360 g/mol. The summed E-state index contributed by atoms with van der Waals surface area (Å²) >= 11 is 0. The molecule has 26 heavy (non-hydrogen) atoms. The second kappa shape index (κ2) is 7.80. The fourth-order valence-corrected chi connectivity index (χ4v) is 4.68. The summed E-state index contributed by atoms with van der Waals surface area (Å²) in [5, 5.41) is 0. The molecule has 1 unspecified atom stereocenters. The summed E-state index contributed by atoms with van der Waals surface area (Å²) < 4.78 is 11.8. The molecular weight excluding hydrogens is 328 g/mol. The van der Waals surface area contributed by atoms with Crippen LogP contribution in [0.3, 0.4) is 0 Å². The molecule has 1 atom stereocenters. The molecular formula is C20H32N4O2. The summed E-state index contributed by atoms with van der Waals surface area (Å²) in [4.78, 5) is 11.9. The lowest BCUT2D eigenvalue weighted by atomic mass is 9.87. The minimum atomic E-state index is 0.115. The molecule has 0 radical (unpaired) electrons. The third-order valence-electron chi connectivity index (χ3n) is 6.45. The highest BCUT2D eigenvalue weighted by Crippen LogP contribution is 2.38. The lowest BCUT2D eigenvalue weighted by Crippen LogP contribution is -2.50. The standard InChI is InChI=1S/C20H32N4O2/c1-22-10-12-24(13-11-22)18-14-20(26-16-18)5-8-23(9-6-20)15-17-4-3-7-21-19(17)25-2/h3-4,7,18H,5-6,8-16H2,1-2H3. The third-order valence-corrected chi connectivity index (χ3v) is 6.45. The van der Waals surface area contributed by atoms with Gasteiger partial charge in [0.05, 0.1) is 19.3 Å². The number of hydrogen-bond acceptors (Lipinski definition) is 6. The van der Waals surface area contributed by atoms with E-state index in [-0.39, 0.29) is 5.60 Å². The van der Waals surface area contributed by atoms with E-state index in [1.807, 2.05) is 6.07 Å². The number of aromatic nitrogens is 1. The van der Waals surface area contributed by atoms with Gasteiger partial charge in [0.15, 0.2) is 0 Å². The first-order valence-corrected chi connectivity index (χ1v) is 9.94. The maximum absolute atomic E-state index is 6.40. The molecule has 0 bridgehead atoms. The Morgan fingerprint density at radius 3 is 2.69 bits per heavy atom. The minimum Gasteiger partial charge on any atom is -0.481 e. The van der Waals surface area contributed by atoms with E-state index in [4.69, 9.17) is 9.47 Å². The van der Waals surface area contributed by atoms with Gasteiger partial charge < -0.3 is 14.4 Å². The van der Waals surface area contributed by atoms with Crippen molar-refractivity contribution in [1.29, 1.82) is 0 Å². The molecule has 1 aromatic heterocycles. The van der Waals surface area contributed by atoms with Crippen LogP contribution in [0.1, 0.15) is 24.8 Å². The highest BCUT2D eigenvalue weighted by atomic mass is 16.5. The lowest BCUT2D eigenvalue weighted by molar-refractivity contribution is -0.0455. The first-order chi connectivity index (χ1) is 12.7. The van der Waals surface area contributed by atoms with Crippen molar-refractivity contribution in [2.24, 2.45) is 0 Å². The highest BCUT2D eigenvalue weighted by molar-refractivity contribution is 5.25. The van der Waals surface area contributed by atoms with Gasteiger partial charge in [0, 0.05) is 63.6 Å². The molecule has 144 valence electrons. The smallest absolute Gasteiger partial charge is 0.217 e. The Morgan fingerprint density at radius 1 is 1.19 bits per heavy atom. The summed E-state index contributed by atoms with van der Waals surface area (Å²) in [5.74, 6) is 0.750. The molecule has 1 spiro atoms. The number of piperidine rings is 1. The Hall–Kier alpha value is -1.21. The number of pyridine rings is 1. The first kappa shape index (κ1) is 18.2. The summed E-state index contributed by atoms with van der Waals surface area (Å²) in [7, 11) is 3.92. The Balaban J connectivity index is 1.29. The van der Waals surface area contributed by atoms with Crippen LogP contribution in [0.4, 0.5) is 0 Å². The molecule has 0 saturated carbocycles. The molecule has 4 rings (SSSR count). The van der Waals surface area contributed by atoms with Crippen molar-refractivity contribution >= 4 is 0 Å². The SMILES string of the molecule is COc1ncccc1CN1CCC2(CC1)CC(N1CCN(C)CC1)CO2. The van der Waals surface area contributed by atoms with E-state index >= 15 is 0 Å². The molecule has 6 nitrogen and oxygen atoms in total. The second-order valence-electron chi connectivity index (χ2n) is 8.14. The number of nitrogens with zero attached hydrogens (tertiary/aromatic N) is 4. The molecule has 3 saturated heterocycles. The molecule has 3 aliphatic rings. The molecule has 6 heteroatoms. The van der Waals surface area contributed by atoms with Crippen molar-refractivity contribution < 1.29 is 9.47 Å². The predicted molar refractivity (Wildman–Crippen MR) is 101 cm³/mol. The summed E-state index contributed by atoms with van der Waals surface area (Å²) in [5.41, 5.74) is 1.29. The topological polar surface area (TPSA) is 41.1 Å². The van der Waals surface area contributed by atoms with Crippen molar-refractivity contribution in [3.63, 3.8) is 0 Å². The van der Waals surface area contributed by atoms with Gasteiger partial charge in [-0.15, -0.1) is 0 Å². The normalized spacial score (nSPS) is 27.8. The molecule has 4 heterocycles. The Morgan fingerprint density at radius 2 is 1.96 bits per heavy atom. The first-order valence-electron chi connectivity index (χ1n) is 9.94. The van der Waals surface area contributed by atoms with E-state index in [2.05, 4.69) is 32.8 Å². The van der Waals surface area contributed by atoms with Crippen LogP contribution < -0.4 is 4.74 Å². The van der Waals surface area contributed by atoms with Crippen molar-refractivity contribution in [3.05, 3.63) is 23.9 Å². The summed E-state index contributed by atoms with van der Waals surface area (Å²) in [6.07, 6.45) is 5.28. The zero-order valence-electron chi connectivity index (χ0n) is 16.2. The number of hydrogen-bond donors (Lipinski definition) is 0. The number of methoxy groups -OCH3 is 1.